The molecule has 1 N–H and O–H groups in total. The lowest BCUT2D eigenvalue weighted by Gasteiger charge is -2.19. The van der Waals surface area contributed by atoms with E-state index in [4.69, 9.17) is 0 Å². The highest BCUT2D eigenvalue weighted by Crippen LogP contribution is 2.12. The summed E-state index contributed by atoms with van der Waals surface area (Å²) in [5.74, 6) is 0.972. The molecule has 0 bridgehead atoms. The molecule has 1 unspecified atom stereocenters. The molecule has 1 aliphatic heterocycles. The minimum Gasteiger partial charge on any atom is -0.358 e. The van der Waals surface area contributed by atoms with Crippen LogP contribution in [0, 0.1) is 0 Å². The Kier molecular flexibility index (Phi) is 4.31. The maximum absolute atomic E-state index is 4.25. The van der Waals surface area contributed by atoms with Crippen molar-refractivity contribution in [3.8, 4) is 0 Å². The van der Waals surface area contributed by atoms with Crippen molar-refractivity contribution < 1.29 is 0 Å². The first kappa shape index (κ1) is 12.3. The SMILES string of the molecule is CCc1ccc(N(C)CCC2CCCN2)nn1. The van der Waals surface area contributed by atoms with Crippen LogP contribution in [0.1, 0.15) is 31.9 Å². The summed E-state index contributed by atoms with van der Waals surface area (Å²) < 4.78 is 0. The van der Waals surface area contributed by atoms with Gasteiger partial charge in [0, 0.05) is 19.6 Å². The smallest absolute Gasteiger partial charge is 0.150 e. The molecule has 1 fully saturated rings. The second-order valence-electron chi connectivity index (χ2n) is 4.74. The predicted molar refractivity (Wildman–Crippen MR) is 70.3 cm³/mol. The molecule has 4 heteroatoms. The molecule has 1 aromatic rings. The van der Waals surface area contributed by atoms with Crippen LogP contribution in [0.2, 0.25) is 0 Å². The summed E-state index contributed by atoms with van der Waals surface area (Å²) in [5.41, 5.74) is 1.06. The summed E-state index contributed by atoms with van der Waals surface area (Å²) in [4.78, 5) is 2.19. The van der Waals surface area contributed by atoms with E-state index in [0.29, 0.717) is 6.04 Å². The fraction of sp³-hybridized carbons (Fsp3) is 0.692. The third kappa shape index (κ3) is 3.40. The average Bonchev–Trinajstić information content (AvgIpc) is 2.89. The van der Waals surface area contributed by atoms with Crippen molar-refractivity contribution in [2.24, 2.45) is 0 Å². The fourth-order valence-corrected chi connectivity index (χ4v) is 2.21. The number of nitrogens with one attached hydrogen (secondary N) is 1. The summed E-state index contributed by atoms with van der Waals surface area (Å²) in [5, 5.41) is 12.0. The van der Waals surface area contributed by atoms with Gasteiger partial charge < -0.3 is 10.2 Å². The Balaban J connectivity index is 1.83. The quantitative estimate of drug-likeness (QED) is 0.840. The van der Waals surface area contributed by atoms with Crippen LogP contribution in [0.25, 0.3) is 0 Å². The molecule has 1 atom stereocenters. The highest BCUT2D eigenvalue weighted by atomic mass is 15.2. The molecule has 0 aliphatic carbocycles. The third-order valence-corrected chi connectivity index (χ3v) is 3.43. The molecule has 0 radical (unpaired) electrons. The van der Waals surface area contributed by atoms with Gasteiger partial charge in [0.15, 0.2) is 5.82 Å². The molecule has 2 rings (SSSR count). The van der Waals surface area contributed by atoms with E-state index in [1.807, 2.05) is 0 Å². The molecule has 0 saturated carbocycles. The van der Waals surface area contributed by atoms with Crippen molar-refractivity contribution in [2.75, 3.05) is 25.0 Å². The van der Waals surface area contributed by atoms with Crippen LogP contribution in [0.15, 0.2) is 12.1 Å². The molecular formula is C13H22N4. The van der Waals surface area contributed by atoms with Crippen LogP contribution in [0.4, 0.5) is 5.82 Å². The van der Waals surface area contributed by atoms with Gasteiger partial charge in [0.1, 0.15) is 0 Å². The molecule has 1 aromatic heterocycles. The van der Waals surface area contributed by atoms with Crippen molar-refractivity contribution in [1.29, 1.82) is 0 Å². The Hall–Kier alpha value is -1.16. The van der Waals surface area contributed by atoms with E-state index in [-0.39, 0.29) is 0 Å². The van der Waals surface area contributed by atoms with E-state index in [9.17, 15) is 0 Å². The minimum atomic E-state index is 0.695. The van der Waals surface area contributed by atoms with Crippen LogP contribution < -0.4 is 10.2 Å². The van der Waals surface area contributed by atoms with Crippen LogP contribution in [0.5, 0.6) is 0 Å². The van der Waals surface area contributed by atoms with Gasteiger partial charge in [0.05, 0.1) is 5.69 Å². The van der Waals surface area contributed by atoms with E-state index < -0.39 is 0 Å². The van der Waals surface area contributed by atoms with Gasteiger partial charge in [-0.2, -0.15) is 5.10 Å². The Labute approximate surface area is 103 Å². The first-order valence-electron chi connectivity index (χ1n) is 6.56. The van der Waals surface area contributed by atoms with Gasteiger partial charge in [0.25, 0.3) is 0 Å². The number of hydrogen-bond acceptors (Lipinski definition) is 4. The Bertz CT molecular complexity index is 330. The lowest BCUT2D eigenvalue weighted by atomic mass is 10.1. The molecule has 17 heavy (non-hydrogen) atoms. The van der Waals surface area contributed by atoms with Crippen LogP contribution in [0.3, 0.4) is 0 Å². The van der Waals surface area contributed by atoms with Crippen LogP contribution in [-0.4, -0.2) is 36.4 Å². The monoisotopic (exact) mass is 234 g/mol. The van der Waals surface area contributed by atoms with E-state index in [1.165, 1.54) is 25.8 Å². The molecule has 0 aromatic carbocycles. The highest BCUT2D eigenvalue weighted by molar-refractivity contribution is 5.35. The third-order valence-electron chi connectivity index (χ3n) is 3.43. The number of aromatic nitrogens is 2. The van der Waals surface area contributed by atoms with E-state index in [2.05, 4.69) is 46.5 Å². The first-order chi connectivity index (χ1) is 8.29. The van der Waals surface area contributed by atoms with Crippen LogP contribution in [-0.2, 0) is 6.42 Å². The molecule has 2 heterocycles. The molecule has 1 aliphatic rings. The zero-order valence-corrected chi connectivity index (χ0v) is 10.8. The average molecular weight is 234 g/mol. The fourth-order valence-electron chi connectivity index (χ4n) is 2.21. The van der Waals surface area contributed by atoms with Gasteiger partial charge in [-0.1, -0.05) is 6.92 Å². The normalized spacial score (nSPS) is 19.5. The number of nitrogens with zero attached hydrogens (tertiary/aromatic N) is 3. The van der Waals surface area contributed by atoms with Gasteiger partial charge in [-0.05, 0) is 44.4 Å². The molecule has 0 spiro atoms. The predicted octanol–water partition coefficient (Wildman–Crippen LogP) is 1.62. The Morgan fingerprint density at radius 1 is 1.41 bits per heavy atom. The largest absolute Gasteiger partial charge is 0.358 e. The maximum Gasteiger partial charge on any atom is 0.150 e. The first-order valence-corrected chi connectivity index (χ1v) is 6.56. The highest BCUT2D eigenvalue weighted by Gasteiger charge is 2.14. The lowest BCUT2D eigenvalue weighted by molar-refractivity contribution is 0.557. The van der Waals surface area contributed by atoms with E-state index in [0.717, 1.165) is 24.5 Å². The molecule has 4 nitrogen and oxygen atoms in total. The molecule has 94 valence electrons. The van der Waals surface area contributed by atoms with Crippen LogP contribution >= 0.6 is 0 Å². The van der Waals surface area contributed by atoms with Gasteiger partial charge in [-0.3, -0.25) is 0 Å². The van der Waals surface area contributed by atoms with E-state index >= 15 is 0 Å². The second-order valence-corrected chi connectivity index (χ2v) is 4.74. The maximum atomic E-state index is 4.25. The topological polar surface area (TPSA) is 41.0 Å². The van der Waals surface area contributed by atoms with Gasteiger partial charge >= 0.3 is 0 Å². The zero-order chi connectivity index (χ0) is 12.1. The van der Waals surface area contributed by atoms with Gasteiger partial charge in [0.2, 0.25) is 0 Å². The van der Waals surface area contributed by atoms with E-state index in [1.54, 1.807) is 0 Å². The summed E-state index contributed by atoms with van der Waals surface area (Å²) in [6.45, 7) is 4.32. The summed E-state index contributed by atoms with van der Waals surface area (Å²) in [7, 11) is 2.09. The summed E-state index contributed by atoms with van der Waals surface area (Å²) in [6.07, 6.45) is 4.77. The Morgan fingerprint density at radius 3 is 2.88 bits per heavy atom. The lowest BCUT2D eigenvalue weighted by Crippen LogP contribution is -2.28. The summed E-state index contributed by atoms with van der Waals surface area (Å²) >= 11 is 0. The molecular weight excluding hydrogens is 212 g/mol. The number of hydrogen-bond donors (Lipinski definition) is 1. The summed E-state index contributed by atoms with van der Waals surface area (Å²) in [6, 6.07) is 4.82. The second kappa shape index (κ2) is 5.96. The number of aryl methyl sites for hydroxylation is 1. The zero-order valence-electron chi connectivity index (χ0n) is 10.8. The molecule has 0 amide bonds. The molecule has 1 saturated heterocycles. The number of rotatable bonds is 5. The van der Waals surface area contributed by atoms with Gasteiger partial charge in [-0.25, -0.2) is 0 Å². The van der Waals surface area contributed by atoms with Crippen molar-refractivity contribution in [1.82, 2.24) is 15.5 Å². The minimum absolute atomic E-state index is 0.695. The van der Waals surface area contributed by atoms with Crippen molar-refractivity contribution in [3.63, 3.8) is 0 Å². The Morgan fingerprint density at radius 2 is 2.29 bits per heavy atom. The van der Waals surface area contributed by atoms with Crippen molar-refractivity contribution >= 4 is 5.82 Å². The van der Waals surface area contributed by atoms with Crippen molar-refractivity contribution in [2.45, 2.75) is 38.6 Å². The standard InChI is InChI=1S/C13H22N4/c1-3-11-6-7-13(16-15-11)17(2)10-8-12-5-4-9-14-12/h6-7,12,14H,3-5,8-10H2,1-2H3. The van der Waals surface area contributed by atoms with Crippen molar-refractivity contribution in [3.05, 3.63) is 17.8 Å². The number of anilines is 1. The van der Waals surface area contributed by atoms with Gasteiger partial charge in [-0.15, -0.1) is 5.10 Å².